The van der Waals surface area contributed by atoms with Crippen LogP contribution in [0.5, 0.6) is 0 Å². The normalized spacial score (nSPS) is 18.3. The molecule has 2 aromatic heterocycles. The average molecular weight is 338 g/mol. The molecule has 0 radical (unpaired) electrons. The van der Waals surface area contributed by atoms with Crippen LogP contribution in [0.3, 0.4) is 0 Å². The van der Waals surface area contributed by atoms with E-state index >= 15 is 0 Å². The third-order valence-electron chi connectivity index (χ3n) is 4.86. The molecule has 1 aliphatic rings. The number of likely N-dealkylation sites (tertiary alicyclic amines) is 1. The van der Waals surface area contributed by atoms with Crippen molar-refractivity contribution in [1.82, 2.24) is 14.5 Å². The van der Waals surface area contributed by atoms with E-state index < -0.39 is 0 Å². The van der Waals surface area contributed by atoms with Gasteiger partial charge in [-0.3, -0.25) is 0 Å². The van der Waals surface area contributed by atoms with Crippen LogP contribution in [0.1, 0.15) is 37.5 Å². The molecule has 0 unspecified atom stereocenters. The van der Waals surface area contributed by atoms with Gasteiger partial charge in [-0.1, -0.05) is 12.8 Å². The van der Waals surface area contributed by atoms with E-state index in [0.29, 0.717) is 0 Å². The molecule has 3 heterocycles. The highest BCUT2D eigenvalue weighted by Crippen LogP contribution is 2.31. The molecule has 3 aromatic rings. The largest absolute Gasteiger partial charge is 0.467 e. The second kappa shape index (κ2) is 6.63. The summed E-state index contributed by atoms with van der Waals surface area (Å²) < 4.78 is 7.54. The second-order valence-electron chi connectivity index (χ2n) is 6.56. The Morgan fingerprint density at radius 3 is 3.04 bits per heavy atom. The molecule has 1 aromatic carbocycles. The van der Waals surface area contributed by atoms with Gasteiger partial charge in [-0.2, -0.15) is 0 Å². The molecule has 25 heavy (non-hydrogen) atoms. The Labute approximate surface area is 146 Å². The summed E-state index contributed by atoms with van der Waals surface area (Å²) in [5.74, 6) is 0.860. The van der Waals surface area contributed by atoms with E-state index in [1.807, 2.05) is 46.8 Å². The molecule has 1 atom stereocenters. The lowest BCUT2D eigenvalue weighted by Gasteiger charge is -2.28. The van der Waals surface area contributed by atoms with Crippen LogP contribution in [-0.2, 0) is 7.05 Å². The van der Waals surface area contributed by atoms with Gasteiger partial charge in [-0.05, 0) is 43.2 Å². The molecule has 6 heteroatoms. The molecule has 1 fully saturated rings. The van der Waals surface area contributed by atoms with Gasteiger partial charge in [0.25, 0.3) is 0 Å². The number of rotatable bonds is 2. The van der Waals surface area contributed by atoms with Crippen LogP contribution in [-0.4, -0.2) is 27.0 Å². The number of carbonyl (C=O) groups excluding carboxylic acids is 1. The summed E-state index contributed by atoms with van der Waals surface area (Å²) in [5.41, 5.74) is 2.70. The molecular formula is C19H22N4O2. The predicted octanol–water partition coefficient (Wildman–Crippen LogP) is 4.32. The topological polar surface area (TPSA) is 63.3 Å². The van der Waals surface area contributed by atoms with Crippen molar-refractivity contribution in [2.75, 3.05) is 11.9 Å². The van der Waals surface area contributed by atoms with Crippen molar-refractivity contribution in [1.29, 1.82) is 0 Å². The number of amides is 2. The molecular weight excluding hydrogens is 316 g/mol. The first-order valence-corrected chi connectivity index (χ1v) is 8.74. The first-order chi connectivity index (χ1) is 12.2. The lowest BCUT2D eigenvalue weighted by Crippen LogP contribution is -2.37. The number of fused-ring (bicyclic) bond motifs is 1. The van der Waals surface area contributed by atoms with Crippen molar-refractivity contribution in [2.24, 2.45) is 7.05 Å². The van der Waals surface area contributed by atoms with E-state index in [-0.39, 0.29) is 12.1 Å². The summed E-state index contributed by atoms with van der Waals surface area (Å²) in [6.45, 7) is 0.741. The van der Waals surface area contributed by atoms with Gasteiger partial charge in [0.05, 0.1) is 29.7 Å². The lowest BCUT2D eigenvalue weighted by atomic mass is 10.1. The van der Waals surface area contributed by atoms with E-state index in [9.17, 15) is 4.79 Å². The molecule has 6 nitrogen and oxygen atoms in total. The minimum atomic E-state index is -0.0789. The second-order valence-corrected chi connectivity index (χ2v) is 6.56. The number of hydrogen-bond acceptors (Lipinski definition) is 3. The number of furan rings is 1. The van der Waals surface area contributed by atoms with Crippen molar-refractivity contribution >= 4 is 22.8 Å². The van der Waals surface area contributed by atoms with Crippen LogP contribution in [0.4, 0.5) is 10.5 Å². The van der Waals surface area contributed by atoms with Gasteiger partial charge in [-0.25, -0.2) is 9.78 Å². The monoisotopic (exact) mass is 338 g/mol. The molecule has 1 saturated heterocycles. The molecule has 0 saturated carbocycles. The lowest BCUT2D eigenvalue weighted by molar-refractivity contribution is 0.179. The van der Waals surface area contributed by atoms with Crippen LogP contribution in [0.25, 0.3) is 11.0 Å². The zero-order valence-electron chi connectivity index (χ0n) is 14.3. The third-order valence-corrected chi connectivity index (χ3v) is 4.86. The Kier molecular flexibility index (Phi) is 4.17. The fourth-order valence-electron chi connectivity index (χ4n) is 3.53. The van der Waals surface area contributed by atoms with Crippen molar-refractivity contribution in [3.63, 3.8) is 0 Å². The Hall–Kier alpha value is -2.76. The zero-order valence-corrected chi connectivity index (χ0v) is 14.3. The van der Waals surface area contributed by atoms with E-state index in [2.05, 4.69) is 10.3 Å². The molecule has 4 rings (SSSR count). The molecule has 1 N–H and O–H groups in total. The maximum atomic E-state index is 12.9. The third kappa shape index (κ3) is 3.12. The summed E-state index contributed by atoms with van der Waals surface area (Å²) in [6.07, 6.45) is 7.65. The number of nitrogens with zero attached hydrogens (tertiary/aromatic N) is 3. The van der Waals surface area contributed by atoms with Gasteiger partial charge in [-0.15, -0.1) is 0 Å². The summed E-state index contributed by atoms with van der Waals surface area (Å²) >= 11 is 0. The van der Waals surface area contributed by atoms with Crippen LogP contribution in [0, 0.1) is 0 Å². The molecule has 0 bridgehead atoms. The van der Waals surface area contributed by atoms with Crippen LogP contribution in [0.2, 0.25) is 0 Å². The number of benzene rings is 1. The Bertz CT molecular complexity index is 869. The van der Waals surface area contributed by atoms with Crippen molar-refractivity contribution in [3.8, 4) is 0 Å². The predicted molar refractivity (Wildman–Crippen MR) is 96.4 cm³/mol. The fourth-order valence-corrected chi connectivity index (χ4v) is 3.53. The summed E-state index contributed by atoms with van der Waals surface area (Å²) in [7, 11) is 1.95. The number of urea groups is 1. The first-order valence-electron chi connectivity index (χ1n) is 8.74. The summed E-state index contributed by atoms with van der Waals surface area (Å²) in [4.78, 5) is 19.2. The number of hydrogen-bond donors (Lipinski definition) is 1. The first kappa shape index (κ1) is 15.7. The average Bonchev–Trinajstić information content (AvgIpc) is 3.19. The highest BCUT2D eigenvalue weighted by molar-refractivity contribution is 5.92. The fraction of sp³-hybridized carbons (Fsp3) is 0.368. The van der Waals surface area contributed by atoms with Crippen LogP contribution < -0.4 is 5.32 Å². The maximum Gasteiger partial charge on any atom is 0.322 e. The molecule has 2 amide bonds. The Morgan fingerprint density at radius 2 is 2.20 bits per heavy atom. The highest BCUT2D eigenvalue weighted by Gasteiger charge is 2.28. The van der Waals surface area contributed by atoms with Gasteiger partial charge in [0, 0.05) is 19.3 Å². The highest BCUT2D eigenvalue weighted by atomic mass is 16.3. The SMILES string of the molecule is Cn1cnc2ccc(NC(=O)N3CCCCC[C@H]3c3ccco3)cc21. The van der Waals surface area contributed by atoms with Crippen molar-refractivity contribution in [3.05, 3.63) is 48.7 Å². The number of aromatic nitrogens is 2. The minimum Gasteiger partial charge on any atom is -0.467 e. The maximum absolute atomic E-state index is 12.9. The minimum absolute atomic E-state index is 0.00191. The van der Waals surface area contributed by atoms with Gasteiger partial charge in [0.2, 0.25) is 0 Å². The molecule has 0 spiro atoms. The van der Waals surface area contributed by atoms with Crippen LogP contribution >= 0.6 is 0 Å². The zero-order chi connectivity index (χ0) is 17.2. The quantitative estimate of drug-likeness (QED) is 0.757. The van der Waals surface area contributed by atoms with Gasteiger partial charge in [0.15, 0.2) is 0 Å². The number of imidazole rings is 1. The van der Waals surface area contributed by atoms with Crippen molar-refractivity contribution in [2.45, 2.75) is 31.7 Å². The van der Waals surface area contributed by atoms with Gasteiger partial charge in [0.1, 0.15) is 5.76 Å². The molecule has 130 valence electrons. The molecule has 0 aliphatic carbocycles. The van der Waals surface area contributed by atoms with Crippen LogP contribution in [0.15, 0.2) is 47.3 Å². The number of aryl methyl sites for hydroxylation is 1. The molecule has 1 aliphatic heterocycles. The summed E-state index contributed by atoms with van der Waals surface area (Å²) in [5, 5.41) is 3.04. The van der Waals surface area contributed by atoms with E-state index in [4.69, 9.17) is 4.42 Å². The number of anilines is 1. The Morgan fingerprint density at radius 1 is 1.28 bits per heavy atom. The number of nitrogens with one attached hydrogen (secondary N) is 1. The van der Waals surface area contributed by atoms with Crippen molar-refractivity contribution < 1.29 is 9.21 Å². The van der Waals surface area contributed by atoms with E-state index in [1.165, 1.54) is 0 Å². The smallest absolute Gasteiger partial charge is 0.322 e. The van der Waals surface area contributed by atoms with Gasteiger partial charge >= 0.3 is 6.03 Å². The van der Waals surface area contributed by atoms with E-state index in [0.717, 1.165) is 54.7 Å². The number of carbonyl (C=O) groups is 1. The standard InChI is InChI=1S/C19H22N4O2/c1-22-13-20-15-9-8-14(12-17(15)22)21-19(24)23-10-4-2-3-6-16(23)18-7-5-11-25-18/h5,7-9,11-13,16H,2-4,6,10H2,1H3,(H,21,24)/t16-/m0/s1. The summed E-state index contributed by atoms with van der Waals surface area (Å²) in [6, 6.07) is 9.54. The Balaban J connectivity index is 1.57. The van der Waals surface area contributed by atoms with E-state index in [1.54, 1.807) is 12.6 Å². The van der Waals surface area contributed by atoms with Gasteiger partial charge < -0.3 is 19.2 Å².